The zero-order valence-corrected chi connectivity index (χ0v) is 81.6. The van der Waals surface area contributed by atoms with Crippen LogP contribution in [-0.2, 0) is 176 Å². The highest BCUT2D eigenvalue weighted by molar-refractivity contribution is 7.87. The highest BCUT2D eigenvalue weighted by Crippen LogP contribution is 2.23. The molecule has 0 saturated heterocycles. The quantitative estimate of drug-likeness (QED) is 0.0142. The van der Waals surface area contributed by atoms with Gasteiger partial charge in [0.25, 0.3) is 0 Å². The van der Waals surface area contributed by atoms with Crippen LogP contribution in [0.2, 0.25) is 0 Å². The second kappa shape index (κ2) is 63.7. The number of hydrogen-bond donors (Lipinski definition) is 3. The van der Waals surface area contributed by atoms with Crippen molar-refractivity contribution in [1.82, 2.24) is 0 Å². The lowest BCUT2D eigenvalue weighted by molar-refractivity contribution is 0.0514. The largest absolute Gasteiger partial charge is 0.748 e. The summed E-state index contributed by atoms with van der Waals surface area (Å²) in [7, 11) is 13.7. The van der Waals surface area contributed by atoms with Gasteiger partial charge in [-0.15, -0.1) is 0 Å². The number of carbonyl (C=O) groups excluding carboxylic acids is 8. The van der Waals surface area contributed by atoms with Crippen LogP contribution in [0.25, 0.3) is 0 Å². The lowest BCUT2D eigenvalue weighted by Gasteiger charge is -2.10. The van der Waals surface area contributed by atoms with Gasteiger partial charge in [-0.2, -0.15) is 0 Å². The Kier molecular flexibility index (Phi) is 57.8. The summed E-state index contributed by atoms with van der Waals surface area (Å²) in [6, 6.07) is 41.8. The smallest absolute Gasteiger partial charge is 0.341 e. The van der Waals surface area contributed by atoms with Gasteiger partial charge in [-0.05, 0) is 121 Å². The van der Waals surface area contributed by atoms with Gasteiger partial charge in [0.15, 0.2) is 0 Å². The van der Waals surface area contributed by atoms with Gasteiger partial charge >= 0.3 is 47.8 Å². The Balaban J connectivity index is 0.000000812. The first-order valence-corrected chi connectivity index (χ1v) is 52.7. The number of benzene rings is 8. The molecule has 142 heavy (non-hydrogen) atoms. The minimum Gasteiger partial charge on any atom is -0.748 e. The van der Waals surface area contributed by atoms with Crippen molar-refractivity contribution in [3.63, 3.8) is 0 Å². The molecule has 0 aliphatic heterocycles. The molecule has 60 heteroatoms. The van der Waals surface area contributed by atoms with Crippen molar-refractivity contribution in [2.45, 2.75) is 63.8 Å². The van der Waals surface area contributed by atoms with Gasteiger partial charge in [0.1, 0.15) is 75.5 Å². The van der Waals surface area contributed by atoms with Gasteiger partial charge < -0.3 is 90.3 Å². The monoisotopic (exact) mass is 2110 g/mol. The fourth-order valence-electron chi connectivity index (χ4n) is 9.87. The number of aryl methyl sites for hydroxylation is 1. The molecule has 8 aromatic carbocycles. The first kappa shape index (κ1) is 129. The summed E-state index contributed by atoms with van der Waals surface area (Å²) in [4.78, 5) is 92.0. The number of aromatic hydroxyl groups is 2. The maximum atomic E-state index is 11.7. The molecule has 0 bridgehead atoms. The van der Waals surface area contributed by atoms with Gasteiger partial charge in [0.2, 0.25) is 0 Å². The van der Waals surface area contributed by atoms with Crippen LogP contribution in [0.5, 0.6) is 11.5 Å². The zero-order valence-electron chi connectivity index (χ0n) is 75.0. The van der Waals surface area contributed by atoms with Crippen molar-refractivity contribution in [3.05, 3.63) is 264 Å². The fourth-order valence-corrected chi connectivity index (χ4v) is 12.2. The average molecular weight is 2110 g/mol. The minimum absolute atomic E-state index is 0.115. The molecule has 0 atom stereocenters. The molecule has 18 radical (unpaired) electrons. The third kappa shape index (κ3) is 58.4. The lowest BCUT2D eigenvalue weighted by Crippen LogP contribution is -2.16. The van der Waals surface area contributed by atoms with Gasteiger partial charge in [-0.25, -0.2) is 106 Å². The van der Waals surface area contributed by atoms with Crippen LogP contribution in [0.1, 0.15) is 138 Å². The maximum absolute atomic E-state index is 11.7. The van der Waals surface area contributed by atoms with Crippen LogP contribution in [0.15, 0.2) is 164 Å². The molecule has 0 amide bonds. The molecule has 0 heterocycles. The van der Waals surface area contributed by atoms with Gasteiger partial charge in [-0.3, -0.25) is 0 Å². The summed E-state index contributed by atoms with van der Waals surface area (Å²) in [5.41, 5.74) is 14.6. The van der Waals surface area contributed by atoms with Crippen molar-refractivity contribution in [2.75, 3.05) is 105 Å². The molecular formula is C82H84B9NO42S8-8. The molecule has 0 unspecified atom stereocenters. The number of nitrogens with two attached hydrogens (primary N) is 1. The van der Waals surface area contributed by atoms with Crippen LogP contribution in [0.4, 0.5) is 5.69 Å². The van der Waals surface area contributed by atoms with E-state index in [-0.39, 0.29) is 94.7 Å². The fraction of sp³-hybridized carbons (Fsp3) is 0.317. The van der Waals surface area contributed by atoms with Crippen LogP contribution in [-0.4, -0.2) is 331 Å². The minimum atomic E-state index is -4.43. The molecule has 0 aromatic heterocycles. The molecule has 0 aliphatic carbocycles. The van der Waals surface area contributed by atoms with Crippen molar-refractivity contribution in [3.8, 4) is 11.5 Å². The third-order valence-corrected chi connectivity index (χ3v) is 22.3. The van der Waals surface area contributed by atoms with Crippen molar-refractivity contribution in [1.29, 1.82) is 0 Å². The van der Waals surface area contributed by atoms with Crippen molar-refractivity contribution in [2.24, 2.45) is 0 Å². The average Bonchev–Trinajstić information content (AvgIpc) is 0.854. The molecule has 752 valence electrons. The number of ether oxygens (including phenoxy) is 8. The van der Waals surface area contributed by atoms with Crippen LogP contribution in [0.3, 0.4) is 0 Å². The first-order chi connectivity index (χ1) is 66.0. The van der Waals surface area contributed by atoms with E-state index in [1.807, 2.05) is 0 Å². The molecule has 0 fully saturated rings. The summed E-state index contributed by atoms with van der Waals surface area (Å²) in [5, 5.41) is 19.0. The molecule has 43 nitrogen and oxygen atoms in total. The summed E-state index contributed by atoms with van der Waals surface area (Å²) in [5.74, 6) is -12.6. The van der Waals surface area contributed by atoms with E-state index in [0.29, 0.717) is 57.3 Å². The van der Waals surface area contributed by atoms with E-state index in [1.165, 1.54) is 91.0 Å². The second-order valence-electron chi connectivity index (χ2n) is 27.9. The predicted molar refractivity (Wildman–Crippen MR) is 508 cm³/mol. The summed E-state index contributed by atoms with van der Waals surface area (Å²) >= 11 is 0. The Morgan fingerprint density at radius 2 is 0.542 bits per heavy atom. The highest BCUT2D eigenvalue weighted by atomic mass is 32.2. The van der Waals surface area contributed by atoms with Gasteiger partial charge in [-0.1, -0.05) is 163 Å². The standard InChI is InChI=1S/C11H12B2O5S.C11H13BO5S.C10H12BNO5S.2C10H11BO6S.3C10H11BO5S/c12-6-8-3-9(7-13)5-10(4-8)11(14)18-1-2-19(15,16)17;1-8-6-9(2-3-10(8)7-12)11(13)17-4-5-18(14,15)16;11-6-8-5-7(1-2-9(8)12)10(13)17-3-4-18(14,15)16;11-6-7-1-2-9(12)8(5-7)10(13)17-3-4-18(14,15)16;11-6-7-1-2-8(9(12)5-7)10(13)17-3-4-18(14,15)16;11-7-8-1-3-9(4-2-8)10(12)16-5-6-17(13,14)15;11-7-8-2-1-3-9(6-8)10(12)16-4-5-17(13,14)15;11-7-8-3-1-2-4-9(8)10(12)16-5-6-17(13,14)15/h3-5H,1-2,6-7H2,(H,15,16,17);2-3,6H,4-5,7H2,1H3,(H,14,15,16);1-2,5H,3-4,6,12H2,(H,14,15,16);2*1-2,5,12H,3-4,6H2,(H,14,15,16);1-4H,5-7H2,(H,13,14,15);1-3,6H,4-5,7H2,(H,13,14,15);1-4H,5-7H2,(H,13,14,15)/p-8. The lowest BCUT2D eigenvalue weighted by atomic mass is 9.89. The molecular weight excluding hydrogens is 2020 g/mol. The predicted octanol–water partition coefficient (Wildman–Crippen LogP) is -0.573. The molecule has 8 aromatic rings. The van der Waals surface area contributed by atoms with E-state index in [1.54, 1.807) is 79.7 Å². The van der Waals surface area contributed by atoms with E-state index in [9.17, 15) is 152 Å². The Morgan fingerprint density at radius 3 is 0.908 bits per heavy atom. The maximum Gasteiger partial charge on any atom is 0.341 e. The van der Waals surface area contributed by atoms with Gasteiger partial charge in [0.05, 0.1) is 231 Å². The van der Waals surface area contributed by atoms with Gasteiger partial charge in [0, 0.05) is 5.69 Å². The van der Waals surface area contributed by atoms with E-state index in [0.717, 1.165) is 22.3 Å². The second-order valence-corrected chi connectivity index (χ2v) is 40.1. The van der Waals surface area contributed by atoms with Crippen LogP contribution >= 0.6 is 0 Å². The summed E-state index contributed by atoms with van der Waals surface area (Å²) in [6.45, 7) is -2.05. The number of hydrogen-bond acceptors (Lipinski definition) is 43. The topological polar surface area (TPSA) is 734 Å². The van der Waals surface area contributed by atoms with Crippen molar-refractivity contribution < 1.29 is 190 Å². The van der Waals surface area contributed by atoms with E-state index in [2.05, 4.69) is 33.2 Å². The van der Waals surface area contributed by atoms with E-state index in [4.69, 9.17) is 81.1 Å². The zero-order chi connectivity index (χ0) is 108. The molecule has 0 aliphatic rings. The molecule has 0 spiro atoms. The van der Waals surface area contributed by atoms with E-state index < -0.39 is 228 Å². The van der Waals surface area contributed by atoms with Crippen LogP contribution in [0, 0.1) is 6.92 Å². The number of nitrogen functional groups attached to an aromatic ring is 1. The Labute approximate surface area is 833 Å². The Bertz CT molecular complexity index is 6510. The number of esters is 8. The van der Waals surface area contributed by atoms with Crippen LogP contribution < -0.4 is 5.73 Å². The number of carbonyl (C=O) groups is 8. The normalized spacial score (nSPS) is 11.2. The third-order valence-electron chi connectivity index (χ3n) is 17.0. The highest BCUT2D eigenvalue weighted by Gasteiger charge is 2.20. The van der Waals surface area contributed by atoms with E-state index >= 15 is 0 Å². The van der Waals surface area contributed by atoms with Crippen molar-refractivity contribution >= 4 is 205 Å². The Hall–Kier alpha value is -11.2. The molecule has 0 saturated carbocycles. The number of phenols is 2. The number of phenolic OH excluding ortho intramolecular Hbond substituents is 2. The SMILES string of the molecule is [B]Cc1cc(C(=O)OCCS(=O)(=O)[O-])ccc1N.[B]Cc1cc(C[B])cc(C(=O)OCCS(=O)(=O)[O-])c1.[B]Cc1ccc(C(=O)OCCS(=O)(=O)[O-])c(O)c1.[B]Cc1ccc(C(=O)OCCS(=O)(=O)[O-])cc1.[B]Cc1ccc(C(=O)OCCS(=O)(=O)[O-])cc1C.[B]Cc1ccc(O)c(C(=O)OCCS(=O)(=O)[O-])c1.[B]Cc1cccc(C(=O)OCCS(=O)(=O)[O-])c1.[B]Cc1ccccc1C(=O)OCCS(=O)(=O)[O-]. The number of rotatable bonds is 41. The first-order valence-electron chi connectivity index (χ1n) is 40.1. The summed E-state index contributed by atoms with van der Waals surface area (Å²) < 4.78 is 284. The molecule has 4 N–H and O–H groups in total. The summed E-state index contributed by atoms with van der Waals surface area (Å²) in [6.07, 6.45) is 2.22. The molecule has 8 rings (SSSR count). The Morgan fingerprint density at radius 1 is 0.246 bits per heavy atom. The number of anilines is 1.